The Morgan fingerprint density at radius 2 is 1.82 bits per heavy atom. The van der Waals surface area contributed by atoms with E-state index in [4.69, 9.17) is 9.47 Å². The van der Waals surface area contributed by atoms with Crippen molar-refractivity contribution in [2.45, 2.75) is 25.0 Å². The average Bonchev–Trinajstić information content (AvgIpc) is 3.39. The largest absolute Gasteiger partial charge is 0.488 e. The number of nitrogens with one attached hydrogen (secondary N) is 1. The fourth-order valence-electron chi connectivity index (χ4n) is 5.30. The van der Waals surface area contributed by atoms with Gasteiger partial charge in [0.15, 0.2) is 6.10 Å². The molecule has 6 rings (SSSR count). The lowest BCUT2D eigenvalue weighted by Crippen LogP contribution is -2.65. The zero-order valence-electron chi connectivity index (χ0n) is 19.1. The van der Waals surface area contributed by atoms with Crippen molar-refractivity contribution in [1.29, 1.82) is 0 Å². The molecular formula is C27H30FN2O3S+. The highest BCUT2D eigenvalue weighted by molar-refractivity contribution is 7.10. The summed E-state index contributed by atoms with van der Waals surface area (Å²) >= 11 is 1.49. The topological polar surface area (TPSA) is 47.6 Å². The Balaban J connectivity index is 1.22. The summed E-state index contributed by atoms with van der Waals surface area (Å²) in [5, 5.41) is 4.86. The molecule has 0 saturated carbocycles. The fraction of sp³-hybridized carbons (Fsp3) is 0.370. The Bertz CT molecular complexity index is 1080. The van der Waals surface area contributed by atoms with Crippen LogP contribution in [0.25, 0.3) is 0 Å². The second-order valence-electron chi connectivity index (χ2n) is 9.25. The lowest BCUT2D eigenvalue weighted by molar-refractivity contribution is -0.946. The molecule has 1 aromatic heterocycles. The van der Waals surface area contributed by atoms with Crippen LogP contribution in [-0.4, -0.2) is 49.5 Å². The molecule has 2 aromatic carbocycles. The molecule has 0 aliphatic carbocycles. The summed E-state index contributed by atoms with van der Waals surface area (Å²) < 4.78 is 27.4. The van der Waals surface area contributed by atoms with Crippen LogP contribution in [0.5, 0.6) is 5.75 Å². The standard InChI is InChI=1S/C27H29FN2O3S/c28-23-10-5-4-9-22(23)26(25-11-6-18-34-25)29-27(31)33-24-19-30(14-12-20(24)13-15-30)16-17-32-21-7-2-1-3-8-21/h1-11,18,20,24,26H,12-17,19H2/p+1/t20?,24-,26?,30?/m0/s1. The van der Waals surface area contributed by atoms with Gasteiger partial charge in [-0.2, -0.15) is 0 Å². The highest BCUT2D eigenvalue weighted by atomic mass is 32.1. The summed E-state index contributed by atoms with van der Waals surface area (Å²) in [4.78, 5) is 13.9. The van der Waals surface area contributed by atoms with Gasteiger partial charge in [-0.1, -0.05) is 42.5 Å². The van der Waals surface area contributed by atoms with Crippen LogP contribution in [0.1, 0.15) is 29.3 Å². The van der Waals surface area contributed by atoms with Crippen LogP contribution < -0.4 is 10.1 Å². The van der Waals surface area contributed by atoms with Crippen molar-refractivity contribution in [2.75, 3.05) is 32.8 Å². The molecule has 4 heterocycles. The predicted octanol–water partition coefficient (Wildman–Crippen LogP) is 5.39. The number of fused-ring (bicyclic) bond motifs is 3. The van der Waals surface area contributed by atoms with Crippen molar-refractivity contribution in [3.63, 3.8) is 0 Å². The van der Waals surface area contributed by atoms with Gasteiger partial charge < -0.3 is 19.3 Å². The summed E-state index contributed by atoms with van der Waals surface area (Å²) in [5.41, 5.74) is 0.442. The van der Waals surface area contributed by atoms with Gasteiger partial charge in [0.1, 0.15) is 31.3 Å². The molecule has 3 saturated heterocycles. The Hall–Kier alpha value is -2.90. The van der Waals surface area contributed by atoms with Crippen molar-refractivity contribution >= 4 is 17.4 Å². The molecule has 3 fully saturated rings. The third kappa shape index (κ3) is 5.10. The van der Waals surface area contributed by atoms with Crippen LogP contribution in [0.15, 0.2) is 72.1 Å². The molecule has 5 nitrogen and oxygen atoms in total. The van der Waals surface area contributed by atoms with Gasteiger partial charge in [-0.15, -0.1) is 11.3 Å². The van der Waals surface area contributed by atoms with Gasteiger partial charge in [-0.05, 0) is 29.6 Å². The lowest BCUT2D eigenvalue weighted by atomic mass is 9.83. The number of hydrogen-bond donors (Lipinski definition) is 1. The number of benzene rings is 2. The molecule has 2 bridgehead atoms. The number of thiophene rings is 1. The number of amides is 1. The Morgan fingerprint density at radius 1 is 1.06 bits per heavy atom. The zero-order valence-corrected chi connectivity index (χ0v) is 19.9. The normalized spacial score (nSPS) is 24.4. The number of halogens is 1. The zero-order chi connectivity index (χ0) is 23.4. The molecule has 3 aromatic rings. The van der Waals surface area contributed by atoms with Gasteiger partial charge >= 0.3 is 6.09 Å². The van der Waals surface area contributed by atoms with Crippen LogP contribution in [0.2, 0.25) is 0 Å². The minimum absolute atomic E-state index is 0.135. The van der Waals surface area contributed by atoms with E-state index in [1.807, 2.05) is 47.8 Å². The van der Waals surface area contributed by atoms with Crippen molar-refractivity contribution < 1.29 is 23.1 Å². The second-order valence-corrected chi connectivity index (χ2v) is 10.2. The number of ether oxygens (including phenoxy) is 2. The first kappa shape index (κ1) is 22.9. The van der Waals surface area contributed by atoms with Crippen LogP contribution in [0, 0.1) is 11.7 Å². The van der Waals surface area contributed by atoms with E-state index in [2.05, 4.69) is 5.32 Å². The van der Waals surface area contributed by atoms with Gasteiger partial charge in [0.25, 0.3) is 0 Å². The van der Waals surface area contributed by atoms with Crippen LogP contribution in [-0.2, 0) is 4.74 Å². The number of alkyl carbamates (subject to hydrolysis) is 1. The summed E-state index contributed by atoms with van der Waals surface area (Å²) in [6, 6.07) is 19.7. The van der Waals surface area contributed by atoms with E-state index < -0.39 is 12.1 Å². The smallest absolute Gasteiger partial charge is 0.408 e. The molecule has 178 valence electrons. The summed E-state index contributed by atoms with van der Waals surface area (Å²) in [6.07, 6.45) is 1.47. The number of hydrogen-bond acceptors (Lipinski definition) is 4. The van der Waals surface area contributed by atoms with Crippen molar-refractivity contribution in [3.8, 4) is 5.75 Å². The molecular weight excluding hydrogens is 451 g/mol. The first-order chi connectivity index (χ1) is 16.6. The van der Waals surface area contributed by atoms with Gasteiger partial charge in [0.05, 0.1) is 19.1 Å². The van der Waals surface area contributed by atoms with Gasteiger partial charge in [-0.25, -0.2) is 9.18 Å². The summed E-state index contributed by atoms with van der Waals surface area (Å²) in [6.45, 7) is 4.53. The molecule has 7 heteroatoms. The first-order valence-electron chi connectivity index (χ1n) is 11.9. The average molecular weight is 482 g/mol. The second kappa shape index (κ2) is 10.2. The molecule has 1 amide bonds. The van der Waals surface area contributed by atoms with Gasteiger partial charge in [-0.3, -0.25) is 0 Å². The van der Waals surface area contributed by atoms with E-state index in [0.717, 1.165) is 54.1 Å². The quantitative estimate of drug-likeness (QED) is 0.439. The third-order valence-corrected chi connectivity index (χ3v) is 8.12. The maximum atomic E-state index is 14.6. The predicted molar refractivity (Wildman–Crippen MR) is 130 cm³/mol. The van der Waals surface area contributed by atoms with Crippen LogP contribution in [0.4, 0.5) is 9.18 Å². The number of carbonyl (C=O) groups is 1. The van der Waals surface area contributed by atoms with Crippen LogP contribution >= 0.6 is 11.3 Å². The number of piperidine rings is 3. The molecule has 34 heavy (non-hydrogen) atoms. The molecule has 1 N–H and O–H groups in total. The monoisotopic (exact) mass is 481 g/mol. The highest BCUT2D eigenvalue weighted by Crippen LogP contribution is 2.36. The number of para-hydroxylation sites is 1. The van der Waals surface area contributed by atoms with E-state index in [-0.39, 0.29) is 11.9 Å². The van der Waals surface area contributed by atoms with Crippen molar-refractivity contribution in [2.24, 2.45) is 5.92 Å². The molecule has 3 aliphatic heterocycles. The van der Waals surface area contributed by atoms with E-state index in [1.54, 1.807) is 18.2 Å². The van der Waals surface area contributed by atoms with Gasteiger partial charge in [0.2, 0.25) is 0 Å². The lowest BCUT2D eigenvalue weighted by Gasteiger charge is -2.51. The minimum Gasteiger partial charge on any atom is -0.488 e. The number of quaternary nitrogens is 1. The third-order valence-electron chi connectivity index (χ3n) is 7.18. The number of rotatable bonds is 8. The SMILES string of the molecule is O=C(NC(c1cccs1)c1ccccc1F)O[C@H]1C[N+]2(CCOc3ccccc3)CCC1CC2. The molecule has 0 spiro atoms. The fourth-order valence-corrected chi connectivity index (χ4v) is 6.09. The van der Waals surface area contributed by atoms with E-state index in [0.29, 0.717) is 18.1 Å². The Labute approximate surface area is 203 Å². The maximum absolute atomic E-state index is 14.6. The maximum Gasteiger partial charge on any atom is 0.408 e. The Morgan fingerprint density at radius 3 is 2.56 bits per heavy atom. The minimum atomic E-state index is -0.572. The van der Waals surface area contributed by atoms with Gasteiger partial charge in [0, 0.05) is 29.2 Å². The van der Waals surface area contributed by atoms with Crippen molar-refractivity contribution in [3.05, 3.63) is 88.4 Å². The van der Waals surface area contributed by atoms with Crippen LogP contribution in [0.3, 0.4) is 0 Å². The number of carbonyl (C=O) groups excluding carboxylic acids is 1. The molecule has 2 atom stereocenters. The summed E-state index contributed by atoms with van der Waals surface area (Å²) in [5.74, 6) is 0.925. The highest BCUT2D eigenvalue weighted by Gasteiger charge is 2.47. The molecule has 3 aliphatic rings. The van der Waals surface area contributed by atoms with E-state index in [1.165, 1.54) is 17.4 Å². The van der Waals surface area contributed by atoms with E-state index >= 15 is 0 Å². The molecule has 0 radical (unpaired) electrons. The Kier molecular flexibility index (Phi) is 6.83. The molecule has 1 unspecified atom stereocenters. The first-order valence-corrected chi connectivity index (χ1v) is 12.8. The van der Waals surface area contributed by atoms with E-state index in [9.17, 15) is 9.18 Å². The van der Waals surface area contributed by atoms with Crippen molar-refractivity contribution in [1.82, 2.24) is 5.32 Å². The number of nitrogens with zero attached hydrogens (tertiary/aromatic N) is 1. The summed E-state index contributed by atoms with van der Waals surface area (Å²) in [7, 11) is 0.